The molecule has 0 spiro atoms. The first-order chi connectivity index (χ1) is 5.91. The molecule has 0 aromatic carbocycles. The minimum absolute atomic E-state index is 0. The quantitative estimate of drug-likeness (QED) is 0.351. The smallest absolute Gasteiger partial charge is 0 e. The van der Waals surface area contributed by atoms with Crippen LogP contribution >= 0.6 is 0 Å². The van der Waals surface area contributed by atoms with E-state index < -0.39 is 0 Å². The molecule has 1 heteroatoms. The molecular weight excluding hydrogens is 363 g/mol. The fourth-order valence-electron chi connectivity index (χ4n) is 1.49. The third-order valence-corrected chi connectivity index (χ3v) is 2.35. The predicted octanol–water partition coefficient (Wildman–Crippen LogP) is 5.64. The molecule has 0 heterocycles. The van der Waals surface area contributed by atoms with Crippen LogP contribution in [-0.2, 0) is 21.1 Å². The van der Waals surface area contributed by atoms with E-state index in [1.54, 1.807) is 0 Å². The van der Waals surface area contributed by atoms with E-state index in [1.165, 1.54) is 57.8 Å². The summed E-state index contributed by atoms with van der Waals surface area (Å²) in [6, 6.07) is 0. The SMILES string of the molecule is [CH2-]CCCCCCCCCCC.[CH3-].[CH3-].[Pt]. The largest absolute Gasteiger partial charge is 0.358 e. The van der Waals surface area contributed by atoms with Crippen LogP contribution in [0.2, 0.25) is 0 Å². The molecule has 0 amide bonds. The van der Waals surface area contributed by atoms with Gasteiger partial charge in [-0.1, -0.05) is 64.7 Å². The second kappa shape index (κ2) is 24.1. The summed E-state index contributed by atoms with van der Waals surface area (Å²) >= 11 is 0. The van der Waals surface area contributed by atoms with E-state index in [-0.39, 0.29) is 35.9 Å². The van der Waals surface area contributed by atoms with Gasteiger partial charge >= 0.3 is 0 Å². The zero-order valence-corrected chi connectivity index (χ0v) is 13.4. The van der Waals surface area contributed by atoms with E-state index in [0.29, 0.717) is 0 Å². The molecule has 0 aliphatic carbocycles. The van der Waals surface area contributed by atoms with Crippen molar-refractivity contribution in [1.29, 1.82) is 0 Å². The van der Waals surface area contributed by atoms with E-state index in [0.717, 1.165) is 6.42 Å². The summed E-state index contributed by atoms with van der Waals surface area (Å²) < 4.78 is 0. The van der Waals surface area contributed by atoms with Crippen molar-refractivity contribution < 1.29 is 21.1 Å². The van der Waals surface area contributed by atoms with Crippen LogP contribution in [0.3, 0.4) is 0 Å². The van der Waals surface area contributed by atoms with Gasteiger partial charge in [-0.25, -0.2) is 0 Å². The van der Waals surface area contributed by atoms with Gasteiger partial charge in [0.25, 0.3) is 0 Å². The molecule has 0 aliphatic rings. The molecule has 100 valence electrons. The number of unbranched alkanes of at least 4 members (excludes halogenated alkanes) is 9. The Morgan fingerprint density at radius 1 is 0.667 bits per heavy atom. The van der Waals surface area contributed by atoms with Crippen LogP contribution in [0.1, 0.15) is 71.1 Å². The van der Waals surface area contributed by atoms with Crippen LogP contribution in [0.5, 0.6) is 0 Å². The molecule has 15 heavy (non-hydrogen) atoms. The van der Waals surface area contributed by atoms with Gasteiger partial charge in [-0.3, -0.25) is 0 Å². The second-order valence-corrected chi connectivity index (χ2v) is 3.68. The average Bonchev–Trinajstić information content (AvgIpc) is 2.10. The van der Waals surface area contributed by atoms with E-state index in [1.807, 2.05) is 0 Å². The van der Waals surface area contributed by atoms with Gasteiger partial charge < -0.3 is 21.8 Å². The molecule has 0 unspecified atom stereocenters. The van der Waals surface area contributed by atoms with E-state index in [4.69, 9.17) is 0 Å². The maximum Gasteiger partial charge on any atom is 0 e. The standard InChI is InChI=1S/C12H25.2CH3.Pt/c1-3-5-7-9-11-12-10-8-6-4-2;;;/h1,3-12H2,2H3;2*1H3;/q3*-1;. The average molecular weight is 394 g/mol. The van der Waals surface area contributed by atoms with Gasteiger partial charge in [0, 0.05) is 21.1 Å². The topological polar surface area (TPSA) is 0 Å². The van der Waals surface area contributed by atoms with Crippen molar-refractivity contribution in [2.75, 3.05) is 0 Å². The first-order valence-electron chi connectivity index (χ1n) is 5.71. The molecule has 0 atom stereocenters. The zero-order chi connectivity index (χ0) is 9.07. The molecule has 0 saturated heterocycles. The van der Waals surface area contributed by atoms with Crippen molar-refractivity contribution in [2.24, 2.45) is 0 Å². The number of hydrogen-bond donors (Lipinski definition) is 0. The van der Waals surface area contributed by atoms with Crippen LogP contribution in [0, 0.1) is 21.8 Å². The van der Waals surface area contributed by atoms with Crippen LogP contribution in [0.15, 0.2) is 0 Å². The monoisotopic (exact) mass is 394 g/mol. The van der Waals surface area contributed by atoms with E-state index in [9.17, 15) is 0 Å². The molecule has 0 rings (SSSR count). The molecule has 0 aromatic heterocycles. The van der Waals surface area contributed by atoms with Crippen LogP contribution in [0.4, 0.5) is 0 Å². The van der Waals surface area contributed by atoms with Crippen molar-refractivity contribution in [2.45, 2.75) is 71.1 Å². The van der Waals surface area contributed by atoms with Crippen molar-refractivity contribution in [1.82, 2.24) is 0 Å². The van der Waals surface area contributed by atoms with Gasteiger partial charge in [0.1, 0.15) is 0 Å². The Labute approximate surface area is 114 Å². The van der Waals surface area contributed by atoms with Gasteiger partial charge in [-0.05, 0) is 0 Å². The van der Waals surface area contributed by atoms with Gasteiger partial charge in [-0.2, -0.15) is 6.42 Å². The Kier molecular flexibility index (Phi) is 39.8. The summed E-state index contributed by atoms with van der Waals surface area (Å²) in [7, 11) is 0. The summed E-state index contributed by atoms with van der Waals surface area (Å²) in [5.41, 5.74) is 0. The maximum atomic E-state index is 3.84. The molecular formula is C14H31Pt-3. The first kappa shape index (κ1) is 24.8. The normalized spacial score (nSPS) is 8.40. The predicted molar refractivity (Wildman–Crippen MR) is 70.0 cm³/mol. The van der Waals surface area contributed by atoms with Crippen LogP contribution in [0.25, 0.3) is 0 Å². The summed E-state index contributed by atoms with van der Waals surface area (Å²) in [6.45, 7) is 6.12. The molecule has 0 bridgehead atoms. The molecule has 0 N–H and O–H groups in total. The van der Waals surface area contributed by atoms with Gasteiger partial charge in [0.05, 0.1) is 0 Å². The Morgan fingerprint density at radius 3 is 1.33 bits per heavy atom. The van der Waals surface area contributed by atoms with Crippen LogP contribution in [-0.4, -0.2) is 0 Å². The Hall–Kier alpha value is 0.688. The van der Waals surface area contributed by atoms with Crippen molar-refractivity contribution in [3.8, 4) is 0 Å². The summed E-state index contributed by atoms with van der Waals surface area (Å²) in [6.07, 6.45) is 13.9. The summed E-state index contributed by atoms with van der Waals surface area (Å²) in [5.74, 6) is 0. The Bertz CT molecular complexity index is 61.7. The minimum atomic E-state index is 0. The van der Waals surface area contributed by atoms with Gasteiger partial charge in [0.2, 0.25) is 0 Å². The van der Waals surface area contributed by atoms with Crippen molar-refractivity contribution >= 4 is 0 Å². The number of hydrogen-bond acceptors (Lipinski definition) is 0. The summed E-state index contributed by atoms with van der Waals surface area (Å²) in [5, 5.41) is 0. The van der Waals surface area contributed by atoms with Gasteiger partial charge in [0.15, 0.2) is 0 Å². The summed E-state index contributed by atoms with van der Waals surface area (Å²) in [4.78, 5) is 0. The third kappa shape index (κ3) is 25.2. The molecule has 0 fully saturated rings. The third-order valence-electron chi connectivity index (χ3n) is 2.35. The van der Waals surface area contributed by atoms with Crippen molar-refractivity contribution in [3.05, 3.63) is 21.8 Å². The molecule has 0 nitrogen and oxygen atoms in total. The molecule has 0 saturated carbocycles. The zero-order valence-electron chi connectivity index (χ0n) is 11.1. The van der Waals surface area contributed by atoms with E-state index >= 15 is 0 Å². The Morgan fingerprint density at radius 2 is 1.00 bits per heavy atom. The van der Waals surface area contributed by atoms with E-state index in [2.05, 4.69) is 13.8 Å². The molecule has 0 radical (unpaired) electrons. The molecule has 0 aliphatic heterocycles. The molecule has 0 aromatic rings. The van der Waals surface area contributed by atoms with Gasteiger partial charge in [-0.15, -0.1) is 0 Å². The Balaban J connectivity index is -0.000000202. The fraction of sp³-hybridized carbons (Fsp3) is 0.786. The minimum Gasteiger partial charge on any atom is -0.358 e. The fourth-order valence-corrected chi connectivity index (χ4v) is 1.49. The maximum absolute atomic E-state index is 3.84. The van der Waals surface area contributed by atoms with Crippen LogP contribution < -0.4 is 0 Å². The van der Waals surface area contributed by atoms with Crippen molar-refractivity contribution in [3.63, 3.8) is 0 Å². The first-order valence-corrected chi connectivity index (χ1v) is 5.71. The second-order valence-electron chi connectivity index (χ2n) is 3.68. The number of rotatable bonds is 9.